The van der Waals surface area contributed by atoms with E-state index < -0.39 is 5.97 Å². The largest absolute Gasteiger partial charge is 0.478 e. The van der Waals surface area contributed by atoms with Gasteiger partial charge in [-0.1, -0.05) is 48.2 Å². The van der Waals surface area contributed by atoms with Crippen molar-refractivity contribution in [2.24, 2.45) is 0 Å². The molecule has 154 valence electrons. The number of anilines is 1. The van der Waals surface area contributed by atoms with Crippen molar-refractivity contribution < 1.29 is 23.9 Å². The Morgan fingerprint density at radius 1 is 1.17 bits per heavy atom. The molecule has 1 heterocycles. The van der Waals surface area contributed by atoms with E-state index in [4.69, 9.17) is 17.3 Å². The van der Waals surface area contributed by atoms with E-state index in [1.165, 1.54) is 29.2 Å². The van der Waals surface area contributed by atoms with Crippen molar-refractivity contribution in [2.45, 2.75) is 12.8 Å². The molecule has 0 aromatic heterocycles. The molecule has 2 N–H and O–H groups in total. The summed E-state index contributed by atoms with van der Waals surface area (Å²) in [6, 6.07) is 11.9. The fourth-order valence-electron chi connectivity index (χ4n) is 2.79. The first-order valence-electron chi connectivity index (χ1n) is 8.98. The standard InChI is InChI=1S/C21H17FN2O4S2/c22-14-9-7-13(8-10-14)12-17-19(26)24(21(29)30-17)11-3-6-18(25)23-16-5-2-1-4-15(16)20(27)28/h1-2,4-5,7-10,12H,3,6,11H2,(H,23,25)(H,27,28)/b17-12-. The van der Waals surface area contributed by atoms with E-state index in [1.54, 1.807) is 30.3 Å². The van der Waals surface area contributed by atoms with Crippen LogP contribution in [0.2, 0.25) is 0 Å². The summed E-state index contributed by atoms with van der Waals surface area (Å²) in [5.41, 5.74) is 0.921. The molecule has 3 rings (SSSR count). The molecule has 0 aliphatic carbocycles. The number of rotatable bonds is 7. The number of thiocarbonyl (C=S) groups is 1. The number of nitrogens with zero attached hydrogens (tertiary/aromatic N) is 1. The number of carbonyl (C=O) groups excluding carboxylic acids is 2. The SMILES string of the molecule is O=C(CCCN1C(=O)/C(=C/c2ccc(F)cc2)SC1=S)Nc1ccccc1C(=O)O. The van der Waals surface area contributed by atoms with Crippen molar-refractivity contribution >= 4 is 57.8 Å². The Morgan fingerprint density at radius 2 is 1.87 bits per heavy atom. The third-order valence-electron chi connectivity index (χ3n) is 4.26. The second kappa shape index (κ2) is 9.64. The first kappa shape index (κ1) is 21.7. The molecule has 0 spiro atoms. The quantitative estimate of drug-likeness (QED) is 0.493. The molecule has 6 nitrogen and oxygen atoms in total. The summed E-state index contributed by atoms with van der Waals surface area (Å²) >= 11 is 6.42. The molecule has 0 bridgehead atoms. The average molecular weight is 445 g/mol. The third kappa shape index (κ3) is 5.31. The van der Waals surface area contributed by atoms with Crippen molar-refractivity contribution in [3.8, 4) is 0 Å². The lowest BCUT2D eigenvalue weighted by Gasteiger charge is -2.14. The lowest BCUT2D eigenvalue weighted by Crippen LogP contribution is -2.29. The molecule has 30 heavy (non-hydrogen) atoms. The minimum Gasteiger partial charge on any atom is -0.478 e. The zero-order valence-corrected chi connectivity index (χ0v) is 17.3. The molecule has 2 aromatic rings. The number of thioether (sulfide) groups is 1. The van der Waals surface area contributed by atoms with Gasteiger partial charge in [-0.15, -0.1) is 0 Å². The minimum absolute atomic E-state index is 0.00807. The molecule has 1 aliphatic rings. The number of aromatic carboxylic acids is 1. The maximum Gasteiger partial charge on any atom is 0.337 e. The van der Waals surface area contributed by atoms with Crippen LogP contribution in [0, 0.1) is 5.82 Å². The molecule has 1 saturated heterocycles. The molecule has 0 radical (unpaired) electrons. The van der Waals surface area contributed by atoms with Gasteiger partial charge in [0.25, 0.3) is 5.91 Å². The number of hydrogen-bond donors (Lipinski definition) is 2. The monoisotopic (exact) mass is 444 g/mol. The van der Waals surface area contributed by atoms with Gasteiger partial charge < -0.3 is 10.4 Å². The van der Waals surface area contributed by atoms with Crippen LogP contribution in [0.4, 0.5) is 10.1 Å². The van der Waals surface area contributed by atoms with Crippen molar-refractivity contribution in [2.75, 3.05) is 11.9 Å². The van der Waals surface area contributed by atoms with Crippen LogP contribution >= 0.6 is 24.0 Å². The maximum absolute atomic E-state index is 13.0. The van der Waals surface area contributed by atoms with Gasteiger partial charge >= 0.3 is 5.97 Å². The van der Waals surface area contributed by atoms with E-state index in [1.807, 2.05) is 0 Å². The smallest absolute Gasteiger partial charge is 0.337 e. The molecule has 0 atom stereocenters. The van der Waals surface area contributed by atoms with E-state index in [-0.39, 0.29) is 41.8 Å². The van der Waals surface area contributed by atoms with Crippen LogP contribution in [-0.2, 0) is 9.59 Å². The maximum atomic E-state index is 13.0. The molecule has 9 heteroatoms. The first-order chi connectivity index (χ1) is 14.3. The number of benzene rings is 2. The summed E-state index contributed by atoms with van der Waals surface area (Å²) in [7, 11) is 0. The summed E-state index contributed by atoms with van der Waals surface area (Å²) in [6.07, 6.45) is 2.10. The van der Waals surface area contributed by atoms with Gasteiger partial charge in [-0.25, -0.2) is 9.18 Å². The summed E-state index contributed by atoms with van der Waals surface area (Å²) in [4.78, 5) is 37.8. The van der Waals surface area contributed by atoms with Crippen molar-refractivity contribution in [1.82, 2.24) is 4.90 Å². The highest BCUT2D eigenvalue weighted by Gasteiger charge is 2.31. The summed E-state index contributed by atoms with van der Waals surface area (Å²) in [5, 5.41) is 11.7. The van der Waals surface area contributed by atoms with Crippen molar-refractivity contribution in [3.63, 3.8) is 0 Å². The Morgan fingerprint density at radius 3 is 2.57 bits per heavy atom. The van der Waals surface area contributed by atoms with Gasteiger partial charge in [-0.3, -0.25) is 14.5 Å². The number of amides is 2. The van der Waals surface area contributed by atoms with E-state index in [0.29, 0.717) is 21.2 Å². The second-order valence-electron chi connectivity index (χ2n) is 6.39. The highest BCUT2D eigenvalue weighted by atomic mass is 32.2. The number of nitrogens with one attached hydrogen (secondary N) is 1. The van der Waals surface area contributed by atoms with Crippen LogP contribution in [0.15, 0.2) is 53.4 Å². The van der Waals surface area contributed by atoms with Crippen LogP contribution in [0.1, 0.15) is 28.8 Å². The van der Waals surface area contributed by atoms with E-state index in [9.17, 15) is 18.8 Å². The van der Waals surface area contributed by atoms with E-state index in [0.717, 1.165) is 11.8 Å². The minimum atomic E-state index is -1.13. The zero-order chi connectivity index (χ0) is 21.7. The number of carboxylic acid groups (broad SMARTS) is 1. The Balaban J connectivity index is 1.55. The summed E-state index contributed by atoms with van der Waals surface area (Å²) in [6.45, 7) is 0.263. The predicted octanol–water partition coefficient (Wildman–Crippen LogP) is 4.14. The molecule has 2 aromatic carbocycles. The molecule has 1 aliphatic heterocycles. The van der Waals surface area contributed by atoms with Gasteiger partial charge in [0.15, 0.2) is 0 Å². The number of halogens is 1. The topological polar surface area (TPSA) is 86.7 Å². The van der Waals surface area contributed by atoms with Gasteiger partial charge in [0.2, 0.25) is 5.91 Å². The molecule has 0 saturated carbocycles. The number of carboxylic acids is 1. The first-order valence-corrected chi connectivity index (χ1v) is 10.2. The second-order valence-corrected chi connectivity index (χ2v) is 8.06. The molecule has 0 unspecified atom stereocenters. The van der Waals surface area contributed by atoms with Crippen LogP contribution in [0.5, 0.6) is 0 Å². The molecular weight excluding hydrogens is 427 g/mol. The van der Waals surface area contributed by atoms with Crippen molar-refractivity contribution in [1.29, 1.82) is 0 Å². The number of hydrogen-bond acceptors (Lipinski definition) is 5. The molecule has 1 fully saturated rings. The van der Waals surface area contributed by atoms with Crippen LogP contribution in [-0.4, -0.2) is 38.7 Å². The fraction of sp³-hybridized carbons (Fsp3) is 0.143. The summed E-state index contributed by atoms with van der Waals surface area (Å²) < 4.78 is 13.4. The highest BCUT2D eigenvalue weighted by molar-refractivity contribution is 8.26. The highest BCUT2D eigenvalue weighted by Crippen LogP contribution is 2.32. The van der Waals surface area contributed by atoms with Gasteiger partial charge in [0.1, 0.15) is 10.1 Å². The molecule has 2 amide bonds. The lowest BCUT2D eigenvalue weighted by molar-refractivity contribution is -0.122. The van der Waals surface area contributed by atoms with Crippen LogP contribution in [0.3, 0.4) is 0 Å². The van der Waals surface area contributed by atoms with Crippen molar-refractivity contribution in [3.05, 3.63) is 70.4 Å². The Bertz CT molecular complexity index is 1040. The normalized spacial score (nSPS) is 15.0. The van der Waals surface area contributed by atoms with E-state index in [2.05, 4.69) is 5.32 Å². The fourth-order valence-corrected chi connectivity index (χ4v) is 4.10. The number of para-hydroxylation sites is 1. The third-order valence-corrected chi connectivity index (χ3v) is 5.64. The lowest BCUT2D eigenvalue weighted by atomic mass is 10.1. The predicted molar refractivity (Wildman–Crippen MR) is 118 cm³/mol. The summed E-state index contributed by atoms with van der Waals surface area (Å²) in [5.74, 6) is -2.10. The number of carbonyl (C=O) groups is 3. The van der Waals surface area contributed by atoms with Gasteiger partial charge in [0.05, 0.1) is 16.2 Å². The van der Waals surface area contributed by atoms with Gasteiger partial charge in [-0.05, 0) is 42.3 Å². The Hall–Kier alpha value is -3.04. The Labute approximate surface area is 181 Å². The Kier molecular flexibility index (Phi) is 6.96. The zero-order valence-electron chi connectivity index (χ0n) is 15.6. The van der Waals surface area contributed by atoms with Gasteiger partial charge in [-0.2, -0.15) is 0 Å². The van der Waals surface area contributed by atoms with Crippen LogP contribution in [0.25, 0.3) is 6.08 Å². The van der Waals surface area contributed by atoms with E-state index >= 15 is 0 Å². The molecular formula is C21H17FN2O4S2. The average Bonchev–Trinajstić information content (AvgIpc) is 2.97. The van der Waals surface area contributed by atoms with Crippen LogP contribution < -0.4 is 5.32 Å². The van der Waals surface area contributed by atoms with Gasteiger partial charge in [0, 0.05) is 13.0 Å².